The Balaban J connectivity index is 2.20. The lowest BCUT2D eigenvalue weighted by atomic mass is 10.0. The third-order valence-corrected chi connectivity index (χ3v) is 3.62. The zero-order chi connectivity index (χ0) is 11.1. The van der Waals surface area contributed by atoms with Crippen molar-refractivity contribution in [1.82, 2.24) is 4.98 Å². The minimum atomic E-state index is -4.33. The molecule has 6 heteroatoms. The second-order valence-corrected chi connectivity index (χ2v) is 4.63. The second kappa shape index (κ2) is 3.75. The third-order valence-electron chi connectivity index (χ3n) is 2.71. The lowest BCUT2D eigenvalue weighted by molar-refractivity contribution is -0.137. The van der Waals surface area contributed by atoms with Gasteiger partial charge in [0.05, 0.1) is 5.69 Å². The van der Waals surface area contributed by atoms with Gasteiger partial charge in [0, 0.05) is 17.3 Å². The van der Waals surface area contributed by atoms with Crippen molar-refractivity contribution in [2.75, 3.05) is 0 Å². The highest BCUT2D eigenvalue weighted by Gasteiger charge is 2.36. The van der Waals surface area contributed by atoms with Gasteiger partial charge in [0.25, 0.3) is 0 Å². The van der Waals surface area contributed by atoms with Gasteiger partial charge in [-0.2, -0.15) is 13.2 Å². The van der Waals surface area contributed by atoms with Crippen LogP contribution in [0.15, 0.2) is 5.38 Å². The van der Waals surface area contributed by atoms with E-state index in [4.69, 9.17) is 5.73 Å². The zero-order valence-electron chi connectivity index (χ0n) is 7.92. The van der Waals surface area contributed by atoms with Crippen molar-refractivity contribution in [3.8, 4) is 0 Å². The van der Waals surface area contributed by atoms with Gasteiger partial charge in [0.2, 0.25) is 0 Å². The molecule has 84 valence electrons. The van der Waals surface area contributed by atoms with Crippen molar-refractivity contribution in [1.29, 1.82) is 0 Å². The maximum Gasteiger partial charge on any atom is 0.443 e. The Kier molecular flexibility index (Phi) is 2.72. The number of nitrogens with zero attached hydrogens (tertiary/aromatic N) is 1. The topological polar surface area (TPSA) is 38.9 Å². The molecule has 1 aromatic heterocycles. The molecule has 2 unspecified atom stereocenters. The van der Waals surface area contributed by atoms with Crippen LogP contribution < -0.4 is 5.73 Å². The quantitative estimate of drug-likeness (QED) is 0.814. The van der Waals surface area contributed by atoms with Gasteiger partial charge in [-0.15, -0.1) is 11.3 Å². The van der Waals surface area contributed by atoms with Crippen LogP contribution in [0.3, 0.4) is 0 Å². The largest absolute Gasteiger partial charge is 0.443 e. The Labute approximate surface area is 89.3 Å². The number of thiazole rings is 1. The van der Waals surface area contributed by atoms with Crippen molar-refractivity contribution in [3.63, 3.8) is 0 Å². The lowest BCUT2D eigenvalue weighted by Crippen LogP contribution is -2.23. The first kappa shape index (κ1) is 10.9. The molecule has 2 N–H and O–H groups in total. The highest BCUT2D eigenvalue weighted by Crippen LogP contribution is 2.37. The molecule has 0 saturated heterocycles. The first-order valence-corrected chi connectivity index (χ1v) is 5.64. The molecule has 2 nitrogen and oxygen atoms in total. The fraction of sp³-hybridized carbons (Fsp3) is 0.667. The highest BCUT2D eigenvalue weighted by atomic mass is 32.1. The Bertz CT molecular complexity index is 347. The van der Waals surface area contributed by atoms with Gasteiger partial charge in [0.15, 0.2) is 5.01 Å². The van der Waals surface area contributed by atoms with Crippen molar-refractivity contribution in [2.24, 2.45) is 5.73 Å². The van der Waals surface area contributed by atoms with E-state index in [1.807, 2.05) is 0 Å². The summed E-state index contributed by atoms with van der Waals surface area (Å²) in [6.45, 7) is 0. The number of nitrogens with two attached hydrogens (primary N) is 1. The number of hydrogen-bond donors (Lipinski definition) is 1. The molecule has 0 aromatic carbocycles. The van der Waals surface area contributed by atoms with Crippen LogP contribution in [0.2, 0.25) is 0 Å². The lowest BCUT2D eigenvalue weighted by Gasteiger charge is -2.11. The predicted octanol–water partition coefficient (Wildman–Crippen LogP) is 2.76. The molecule has 1 fully saturated rings. The molecule has 1 aliphatic carbocycles. The monoisotopic (exact) mass is 236 g/mol. The smallest absolute Gasteiger partial charge is 0.327 e. The van der Waals surface area contributed by atoms with Gasteiger partial charge in [-0.1, -0.05) is 6.42 Å². The van der Waals surface area contributed by atoms with Gasteiger partial charge in [-0.25, -0.2) is 4.98 Å². The Morgan fingerprint density at radius 3 is 2.60 bits per heavy atom. The highest BCUT2D eigenvalue weighted by molar-refractivity contribution is 7.09. The van der Waals surface area contributed by atoms with Gasteiger partial charge in [0.1, 0.15) is 0 Å². The van der Waals surface area contributed by atoms with Crippen LogP contribution in [0.5, 0.6) is 0 Å². The van der Waals surface area contributed by atoms with Crippen LogP contribution in [0.4, 0.5) is 13.2 Å². The maximum absolute atomic E-state index is 12.3. The minimum Gasteiger partial charge on any atom is -0.327 e. The normalized spacial score (nSPS) is 27.2. The summed E-state index contributed by atoms with van der Waals surface area (Å²) in [6, 6.07) is -0.0341. The molecule has 2 atom stereocenters. The van der Waals surface area contributed by atoms with Crippen molar-refractivity contribution in [2.45, 2.75) is 37.4 Å². The molecule has 1 heterocycles. The number of halogens is 3. The summed E-state index contributed by atoms with van der Waals surface area (Å²) in [7, 11) is 0. The van der Waals surface area contributed by atoms with E-state index in [0.29, 0.717) is 17.0 Å². The van der Waals surface area contributed by atoms with E-state index in [1.54, 1.807) is 0 Å². The predicted molar refractivity (Wildman–Crippen MR) is 51.7 cm³/mol. The first-order chi connectivity index (χ1) is 6.98. The minimum absolute atomic E-state index is 0.0114. The summed E-state index contributed by atoms with van der Waals surface area (Å²) in [5.74, 6) is 0.0114. The Hall–Kier alpha value is -0.620. The van der Waals surface area contributed by atoms with E-state index in [1.165, 1.54) is 5.38 Å². The van der Waals surface area contributed by atoms with E-state index >= 15 is 0 Å². The number of aromatic nitrogens is 1. The Morgan fingerprint density at radius 1 is 1.40 bits per heavy atom. The molecule has 0 spiro atoms. The van der Waals surface area contributed by atoms with Gasteiger partial charge < -0.3 is 5.73 Å². The number of rotatable bonds is 1. The SMILES string of the molecule is NC1CCCC1c1csc(C(F)(F)F)n1. The maximum atomic E-state index is 12.3. The number of alkyl halides is 3. The first-order valence-electron chi connectivity index (χ1n) is 4.76. The summed E-state index contributed by atoms with van der Waals surface area (Å²) in [6.07, 6.45) is -1.62. The molecule has 2 rings (SSSR count). The van der Waals surface area contributed by atoms with E-state index in [2.05, 4.69) is 4.98 Å². The average Bonchev–Trinajstić information content (AvgIpc) is 2.69. The summed E-state index contributed by atoms with van der Waals surface area (Å²) < 4.78 is 36.9. The van der Waals surface area contributed by atoms with Crippen LogP contribution in [-0.2, 0) is 6.18 Å². The van der Waals surface area contributed by atoms with E-state index in [0.717, 1.165) is 19.3 Å². The summed E-state index contributed by atoms with van der Waals surface area (Å²) in [5, 5.41) is 0.718. The molecule has 0 aliphatic heterocycles. The standard InChI is InChI=1S/C9H11F3N2S/c10-9(11,12)8-14-7(4-15-8)5-2-1-3-6(5)13/h4-6H,1-3,13H2. The Morgan fingerprint density at radius 2 is 2.13 bits per heavy atom. The van der Waals surface area contributed by atoms with Crippen molar-refractivity contribution in [3.05, 3.63) is 16.1 Å². The molecule has 15 heavy (non-hydrogen) atoms. The molecule has 0 radical (unpaired) electrons. The van der Waals surface area contributed by atoms with E-state index in [9.17, 15) is 13.2 Å². The van der Waals surface area contributed by atoms with Gasteiger partial charge >= 0.3 is 6.18 Å². The summed E-state index contributed by atoms with van der Waals surface area (Å²) in [5.41, 5.74) is 6.32. The molecule has 1 aliphatic rings. The van der Waals surface area contributed by atoms with Crippen LogP contribution in [0, 0.1) is 0 Å². The summed E-state index contributed by atoms with van der Waals surface area (Å²) >= 11 is 0.654. The third kappa shape index (κ3) is 2.15. The average molecular weight is 236 g/mol. The van der Waals surface area contributed by atoms with Crippen molar-refractivity contribution >= 4 is 11.3 Å². The van der Waals surface area contributed by atoms with Gasteiger partial charge in [-0.05, 0) is 12.8 Å². The fourth-order valence-electron chi connectivity index (χ4n) is 1.94. The molecule has 0 amide bonds. The zero-order valence-corrected chi connectivity index (χ0v) is 8.74. The fourth-order valence-corrected chi connectivity index (χ4v) is 2.69. The molecule has 1 saturated carbocycles. The molecule has 0 bridgehead atoms. The van der Waals surface area contributed by atoms with E-state index < -0.39 is 11.2 Å². The molecular formula is C9H11F3N2S. The van der Waals surface area contributed by atoms with Crippen LogP contribution >= 0.6 is 11.3 Å². The van der Waals surface area contributed by atoms with E-state index in [-0.39, 0.29) is 12.0 Å². The van der Waals surface area contributed by atoms with Crippen LogP contribution in [0.25, 0.3) is 0 Å². The van der Waals surface area contributed by atoms with Gasteiger partial charge in [-0.3, -0.25) is 0 Å². The molecular weight excluding hydrogens is 225 g/mol. The van der Waals surface area contributed by atoms with Crippen molar-refractivity contribution < 1.29 is 13.2 Å². The number of hydrogen-bond acceptors (Lipinski definition) is 3. The molecule has 1 aromatic rings. The van der Waals surface area contributed by atoms with Crippen LogP contribution in [0.1, 0.15) is 35.9 Å². The second-order valence-electron chi connectivity index (χ2n) is 3.78. The summed E-state index contributed by atoms with van der Waals surface area (Å²) in [4.78, 5) is 3.63. The van der Waals surface area contributed by atoms with Crippen LogP contribution in [-0.4, -0.2) is 11.0 Å².